The fraction of sp³-hybridized carbons (Fsp3) is 0.133. The van der Waals surface area contributed by atoms with Gasteiger partial charge in [0, 0.05) is 17.5 Å². The van der Waals surface area contributed by atoms with E-state index in [-0.39, 0.29) is 0 Å². The lowest BCUT2D eigenvalue weighted by Gasteiger charge is -2.09. The van der Waals surface area contributed by atoms with E-state index in [2.05, 4.69) is 20.9 Å². The molecule has 0 fully saturated rings. The largest absolute Gasteiger partial charge is 0.388 e. The Morgan fingerprint density at radius 3 is 2.84 bits per heavy atom. The smallest absolute Gasteiger partial charge is 0.0853 e. The highest BCUT2D eigenvalue weighted by Crippen LogP contribution is 2.27. The highest BCUT2D eigenvalue weighted by Gasteiger charge is 2.11. The molecule has 0 aliphatic heterocycles. The van der Waals surface area contributed by atoms with E-state index in [1.165, 1.54) is 0 Å². The summed E-state index contributed by atoms with van der Waals surface area (Å²) in [7, 11) is 0. The van der Waals surface area contributed by atoms with Gasteiger partial charge in [-0.25, -0.2) is 0 Å². The third kappa shape index (κ3) is 2.86. The molecule has 3 aromatic rings. The highest BCUT2D eigenvalue weighted by atomic mass is 79.9. The van der Waals surface area contributed by atoms with Gasteiger partial charge in [-0.3, -0.25) is 4.98 Å². The second-order valence-corrected chi connectivity index (χ2v) is 6.69. The van der Waals surface area contributed by atoms with E-state index in [1.54, 1.807) is 11.3 Å². The number of hydrogen-bond acceptors (Lipinski definition) is 3. The molecule has 0 aliphatic rings. The minimum Gasteiger partial charge on any atom is -0.388 e. The van der Waals surface area contributed by atoms with E-state index >= 15 is 0 Å². The Balaban J connectivity index is 1.84. The number of aromatic nitrogens is 1. The first kappa shape index (κ1) is 12.8. The van der Waals surface area contributed by atoms with Crippen LogP contribution < -0.4 is 0 Å². The molecule has 0 amide bonds. The van der Waals surface area contributed by atoms with Gasteiger partial charge in [0.15, 0.2) is 0 Å². The van der Waals surface area contributed by atoms with Crippen LogP contribution in [-0.2, 0) is 6.42 Å². The van der Waals surface area contributed by atoms with Crippen LogP contribution >= 0.6 is 27.3 Å². The molecule has 1 unspecified atom stereocenters. The van der Waals surface area contributed by atoms with Crippen LogP contribution in [0, 0.1) is 0 Å². The van der Waals surface area contributed by atoms with Crippen molar-refractivity contribution in [3.8, 4) is 0 Å². The van der Waals surface area contributed by atoms with Gasteiger partial charge in [0.05, 0.1) is 15.4 Å². The van der Waals surface area contributed by atoms with E-state index in [1.807, 2.05) is 47.8 Å². The first-order chi connectivity index (χ1) is 9.22. The normalized spacial score (nSPS) is 12.7. The molecule has 2 nitrogen and oxygen atoms in total. The van der Waals surface area contributed by atoms with Crippen LogP contribution in [0.25, 0.3) is 10.9 Å². The van der Waals surface area contributed by atoms with Crippen molar-refractivity contribution in [3.63, 3.8) is 0 Å². The van der Waals surface area contributed by atoms with Crippen molar-refractivity contribution in [2.24, 2.45) is 0 Å². The number of rotatable bonds is 3. The summed E-state index contributed by atoms with van der Waals surface area (Å²) in [6.45, 7) is 0. The molecule has 2 heterocycles. The predicted octanol–water partition coefficient (Wildman–Crippen LogP) is 4.33. The Morgan fingerprint density at radius 2 is 2.05 bits per heavy atom. The lowest BCUT2D eigenvalue weighted by atomic mass is 10.1. The number of fused-ring (bicyclic) bond motifs is 1. The minimum atomic E-state index is -0.504. The maximum absolute atomic E-state index is 10.2. The first-order valence-electron chi connectivity index (χ1n) is 5.99. The first-order valence-corrected chi connectivity index (χ1v) is 7.66. The number of aliphatic hydroxyl groups is 1. The van der Waals surface area contributed by atoms with E-state index in [9.17, 15) is 5.11 Å². The van der Waals surface area contributed by atoms with Gasteiger partial charge in [0.1, 0.15) is 0 Å². The van der Waals surface area contributed by atoms with Crippen LogP contribution in [0.5, 0.6) is 0 Å². The van der Waals surface area contributed by atoms with E-state index in [4.69, 9.17) is 0 Å². The molecule has 0 saturated carbocycles. The summed E-state index contributed by atoms with van der Waals surface area (Å²) in [5.74, 6) is 0. The predicted molar refractivity (Wildman–Crippen MR) is 82.4 cm³/mol. The topological polar surface area (TPSA) is 33.1 Å². The van der Waals surface area contributed by atoms with E-state index < -0.39 is 6.10 Å². The van der Waals surface area contributed by atoms with Crippen molar-refractivity contribution in [2.75, 3.05) is 0 Å². The van der Waals surface area contributed by atoms with Crippen molar-refractivity contribution < 1.29 is 5.11 Å². The summed E-state index contributed by atoms with van der Waals surface area (Å²) in [5.41, 5.74) is 2.82. The van der Waals surface area contributed by atoms with Gasteiger partial charge < -0.3 is 5.11 Å². The molecule has 1 N–H and O–H groups in total. The average Bonchev–Trinajstić information content (AvgIpc) is 2.85. The zero-order chi connectivity index (χ0) is 13.2. The molecule has 4 heteroatoms. The molecule has 0 saturated heterocycles. The lowest BCUT2D eigenvalue weighted by Crippen LogP contribution is -2.02. The number of aliphatic hydroxyl groups excluding tert-OH is 1. The fourth-order valence-electron chi connectivity index (χ4n) is 2.04. The number of benzene rings is 1. The molecule has 2 aromatic heterocycles. The van der Waals surface area contributed by atoms with E-state index in [0.717, 1.165) is 25.9 Å². The summed E-state index contributed by atoms with van der Waals surface area (Å²) in [4.78, 5) is 4.58. The summed E-state index contributed by atoms with van der Waals surface area (Å²) in [5, 5.41) is 13.3. The zero-order valence-electron chi connectivity index (χ0n) is 10.1. The Labute approximate surface area is 123 Å². The summed E-state index contributed by atoms with van der Waals surface area (Å²) >= 11 is 4.99. The number of pyridine rings is 1. The van der Waals surface area contributed by atoms with Crippen LogP contribution in [-0.4, -0.2) is 10.1 Å². The third-order valence-corrected chi connectivity index (χ3v) is 4.55. The molecule has 1 atom stereocenters. The Morgan fingerprint density at radius 1 is 1.21 bits per heavy atom. The second-order valence-electron chi connectivity index (χ2n) is 4.40. The molecule has 0 spiro atoms. The highest BCUT2D eigenvalue weighted by molar-refractivity contribution is 9.11. The zero-order valence-corrected chi connectivity index (χ0v) is 12.5. The Kier molecular flexibility index (Phi) is 3.64. The number of para-hydroxylation sites is 1. The van der Waals surface area contributed by atoms with Crippen molar-refractivity contribution in [2.45, 2.75) is 12.5 Å². The van der Waals surface area contributed by atoms with Gasteiger partial charge in [-0.15, -0.1) is 11.3 Å². The molecule has 0 radical (unpaired) electrons. The lowest BCUT2D eigenvalue weighted by molar-refractivity contribution is 0.178. The van der Waals surface area contributed by atoms with Crippen LogP contribution in [0.15, 0.2) is 51.6 Å². The average molecular weight is 334 g/mol. The molecule has 96 valence electrons. The van der Waals surface area contributed by atoms with Gasteiger partial charge in [-0.1, -0.05) is 24.3 Å². The van der Waals surface area contributed by atoms with Gasteiger partial charge in [-0.2, -0.15) is 0 Å². The summed E-state index contributed by atoms with van der Waals surface area (Å²) in [6.07, 6.45) is 0.0322. The Bertz CT molecular complexity index is 710. The molecule has 3 rings (SSSR count). The number of hydrogen-bond donors (Lipinski definition) is 1. The summed E-state index contributed by atoms with van der Waals surface area (Å²) in [6, 6.07) is 14.0. The molecular formula is C15H12BrNOS. The second kappa shape index (κ2) is 5.41. The van der Waals surface area contributed by atoms with Gasteiger partial charge in [0.2, 0.25) is 0 Å². The molecule has 19 heavy (non-hydrogen) atoms. The molecular weight excluding hydrogens is 322 g/mol. The number of halogens is 1. The molecule has 0 aliphatic carbocycles. The van der Waals surface area contributed by atoms with Crippen LogP contribution in [0.4, 0.5) is 0 Å². The minimum absolute atomic E-state index is 0.504. The maximum Gasteiger partial charge on any atom is 0.0853 e. The van der Waals surface area contributed by atoms with Gasteiger partial charge in [-0.05, 0) is 45.1 Å². The Hall–Kier alpha value is -1.23. The third-order valence-electron chi connectivity index (χ3n) is 3.03. The molecule has 1 aromatic carbocycles. The van der Waals surface area contributed by atoms with Gasteiger partial charge >= 0.3 is 0 Å². The van der Waals surface area contributed by atoms with Crippen molar-refractivity contribution in [1.29, 1.82) is 0 Å². The fourth-order valence-corrected chi connectivity index (χ4v) is 3.26. The quantitative estimate of drug-likeness (QED) is 0.773. The summed E-state index contributed by atoms with van der Waals surface area (Å²) < 4.78 is 1.04. The SMILES string of the molecule is OC(Cc1ccc2ccccc2n1)c1csc(Br)c1. The number of thiophene rings is 1. The van der Waals surface area contributed by atoms with Crippen molar-refractivity contribution in [3.05, 3.63) is 62.9 Å². The van der Waals surface area contributed by atoms with Crippen LogP contribution in [0.3, 0.4) is 0 Å². The van der Waals surface area contributed by atoms with Crippen molar-refractivity contribution >= 4 is 38.2 Å². The van der Waals surface area contributed by atoms with Crippen LogP contribution in [0.2, 0.25) is 0 Å². The van der Waals surface area contributed by atoms with Gasteiger partial charge in [0.25, 0.3) is 0 Å². The van der Waals surface area contributed by atoms with Crippen molar-refractivity contribution in [1.82, 2.24) is 4.98 Å². The number of nitrogens with zero attached hydrogens (tertiary/aromatic N) is 1. The van der Waals surface area contributed by atoms with Crippen LogP contribution in [0.1, 0.15) is 17.4 Å². The monoisotopic (exact) mass is 333 g/mol. The van der Waals surface area contributed by atoms with E-state index in [0.29, 0.717) is 6.42 Å². The molecule has 0 bridgehead atoms. The maximum atomic E-state index is 10.2. The standard InChI is InChI=1S/C15H12BrNOS/c16-15-7-11(9-19-15)14(18)8-12-6-5-10-3-1-2-4-13(10)17-12/h1-7,9,14,18H,8H2.